The molecule has 1 N–H and O–H groups in total. The molecule has 4 heteroatoms. The molecule has 0 bridgehead atoms. The summed E-state index contributed by atoms with van der Waals surface area (Å²) in [6.45, 7) is 2.13. The molecule has 0 saturated heterocycles. The number of nitrogens with zero attached hydrogens (tertiary/aromatic N) is 3. The molecule has 0 atom stereocenters. The third kappa shape index (κ3) is 2.71. The van der Waals surface area contributed by atoms with Crippen molar-refractivity contribution in [2.75, 3.05) is 12.4 Å². The molecule has 0 aliphatic heterocycles. The van der Waals surface area contributed by atoms with E-state index >= 15 is 0 Å². The molecule has 0 amide bonds. The topological polar surface area (TPSA) is 61.6 Å². The molecule has 0 unspecified atom stereocenters. The van der Waals surface area contributed by atoms with E-state index in [1.807, 2.05) is 25.2 Å². The molecule has 96 valence electrons. The van der Waals surface area contributed by atoms with Crippen molar-refractivity contribution in [1.82, 2.24) is 9.97 Å². The molecule has 0 aliphatic rings. The van der Waals surface area contributed by atoms with Gasteiger partial charge in [0.25, 0.3) is 0 Å². The molecule has 1 aromatic heterocycles. The maximum absolute atomic E-state index is 8.99. The number of nitriles is 1. The van der Waals surface area contributed by atoms with Gasteiger partial charge in [-0.15, -0.1) is 0 Å². The van der Waals surface area contributed by atoms with Gasteiger partial charge in [0.2, 0.25) is 0 Å². The third-order valence-corrected chi connectivity index (χ3v) is 2.95. The minimum Gasteiger partial charge on any atom is -0.373 e. The summed E-state index contributed by atoms with van der Waals surface area (Å²) in [5, 5.41) is 12.1. The van der Waals surface area contributed by atoms with Crippen LogP contribution in [0.15, 0.2) is 30.6 Å². The lowest BCUT2D eigenvalue weighted by molar-refractivity contribution is 0.906. The Bertz CT molecular complexity index is 614. The highest BCUT2D eigenvalue weighted by molar-refractivity contribution is 5.69. The van der Waals surface area contributed by atoms with Crippen molar-refractivity contribution >= 4 is 5.82 Å². The van der Waals surface area contributed by atoms with Gasteiger partial charge < -0.3 is 5.32 Å². The third-order valence-electron chi connectivity index (χ3n) is 2.95. The lowest BCUT2D eigenvalue weighted by atomic mass is 10.0. The lowest BCUT2D eigenvalue weighted by Crippen LogP contribution is -2.03. The van der Waals surface area contributed by atoms with E-state index in [0.717, 1.165) is 35.5 Å². The largest absolute Gasteiger partial charge is 0.373 e. The van der Waals surface area contributed by atoms with Gasteiger partial charge in [0.05, 0.1) is 17.3 Å². The Morgan fingerprint density at radius 2 is 2.16 bits per heavy atom. The quantitative estimate of drug-likeness (QED) is 0.908. The molecule has 19 heavy (non-hydrogen) atoms. The molecule has 0 fully saturated rings. The van der Waals surface area contributed by atoms with Gasteiger partial charge in [-0.2, -0.15) is 5.26 Å². The molecule has 2 aromatic rings. The minimum atomic E-state index is 0.643. The SMILES string of the molecule is CCCc1c(NC)ncnc1-c1cccc(C#N)c1. The van der Waals surface area contributed by atoms with E-state index in [1.54, 1.807) is 12.4 Å². The number of anilines is 1. The first-order chi connectivity index (χ1) is 9.30. The summed E-state index contributed by atoms with van der Waals surface area (Å²) >= 11 is 0. The Morgan fingerprint density at radius 1 is 1.32 bits per heavy atom. The van der Waals surface area contributed by atoms with E-state index in [1.165, 1.54) is 0 Å². The van der Waals surface area contributed by atoms with Crippen molar-refractivity contribution in [3.05, 3.63) is 41.7 Å². The maximum Gasteiger partial charge on any atom is 0.132 e. The summed E-state index contributed by atoms with van der Waals surface area (Å²) in [6, 6.07) is 9.67. The van der Waals surface area contributed by atoms with Crippen molar-refractivity contribution in [2.24, 2.45) is 0 Å². The van der Waals surface area contributed by atoms with Crippen LogP contribution in [0.1, 0.15) is 24.5 Å². The molecule has 0 spiro atoms. The zero-order valence-corrected chi connectivity index (χ0v) is 11.1. The van der Waals surface area contributed by atoms with Gasteiger partial charge in [-0.1, -0.05) is 25.5 Å². The molecule has 0 aliphatic carbocycles. The zero-order valence-electron chi connectivity index (χ0n) is 11.1. The van der Waals surface area contributed by atoms with Crippen molar-refractivity contribution in [3.8, 4) is 17.3 Å². The predicted molar refractivity (Wildman–Crippen MR) is 75.7 cm³/mol. The van der Waals surface area contributed by atoms with E-state index in [4.69, 9.17) is 5.26 Å². The van der Waals surface area contributed by atoms with Crippen molar-refractivity contribution in [1.29, 1.82) is 5.26 Å². The second kappa shape index (κ2) is 5.96. The Hall–Kier alpha value is -2.41. The predicted octanol–water partition coefficient (Wildman–Crippen LogP) is 3.01. The highest BCUT2D eigenvalue weighted by atomic mass is 15.0. The highest BCUT2D eigenvalue weighted by Crippen LogP contribution is 2.27. The van der Waals surface area contributed by atoms with E-state index in [2.05, 4.69) is 28.3 Å². The van der Waals surface area contributed by atoms with E-state index in [9.17, 15) is 0 Å². The average Bonchev–Trinajstić information content (AvgIpc) is 2.48. The maximum atomic E-state index is 8.99. The van der Waals surface area contributed by atoms with Gasteiger partial charge >= 0.3 is 0 Å². The van der Waals surface area contributed by atoms with Crippen molar-refractivity contribution in [2.45, 2.75) is 19.8 Å². The van der Waals surface area contributed by atoms with Crippen molar-refractivity contribution in [3.63, 3.8) is 0 Å². The average molecular weight is 252 g/mol. The summed E-state index contributed by atoms with van der Waals surface area (Å²) in [4.78, 5) is 8.65. The lowest BCUT2D eigenvalue weighted by Gasteiger charge is -2.12. The summed E-state index contributed by atoms with van der Waals surface area (Å²) in [5.74, 6) is 0.856. The Morgan fingerprint density at radius 3 is 2.84 bits per heavy atom. The fourth-order valence-corrected chi connectivity index (χ4v) is 2.10. The van der Waals surface area contributed by atoms with E-state index < -0.39 is 0 Å². The molecule has 0 saturated carbocycles. The molecule has 2 rings (SSSR count). The summed E-state index contributed by atoms with van der Waals surface area (Å²) in [7, 11) is 1.86. The minimum absolute atomic E-state index is 0.643. The second-order valence-corrected chi connectivity index (χ2v) is 4.24. The normalized spacial score (nSPS) is 9.95. The molecule has 0 radical (unpaired) electrons. The van der Waals surface area contributed by atoms with E-state index in [-0.39, 0.29) is 0 Å². The second-order valence-electron chi connectivity index (χ2n) is 4.24. The van der Waals surface area contributed by atoms with Crippen LogP contribution >= 0.6 is 0 Å². The molecule has 4 nitrogen and oxygen atoms in total. The van der Waals surface area contributed by atoms with Crippen LogP contribution in [0, 0.1) is 11.3 Å². The molecular weight excluding hydrogens is 236 g/mol. The number of benzene rings is 1. The van der Waals surface area contributed by atoms with Gasteiger partial charge in [-0.05, 0) is 18.6 Å². The van der Waals surface area contributed by atoms with Crippen LogP contribution in [0.25, 0.3) is 11.3 Å². The number of rotatable bonds is 4. The number of hydrogen-bond donors (Lipinski definition) is 1. The Labute approximate surface area is 113 Å². The van der Waals surface area contributed by atoms with Gasteiger partial charge in [-0.3, -0.25) is 0 Å². The monoisotopic (exact) mass is 252 g/mol. The number of nitrogens with one attached hydrogen (secondary N) is 1. The van der Waals surface area contributed by atoms with Gasteiger partial charge in [0.1, 0.15) is 12.1 Å². The van der Waals surface area contributed by atoms with Crippen LogP contribution in [0.2, 0.25) is 0 Å². The molecular formula is C15H16N4. The fraction of sp³-hybridized carbons (Fsp3) is 0.267. The van der Waals surface area contributed by atoms with Crippen LogP contribution in [-0.4, -0.2) is 17.0 Å². The first kappa shape index (κ1) is 13.0. The Kier molecular flexibility index (Phi) is 4.09. The summed E-state index contributed by atoms with van der Waals surface area (Å²) in [5.41, 5.74) is 3.60. The number of aromatic nitrogens is 2. The van der Waals surface area contributed by atoms with Crippen LogP contribution < -0.4 is 5.32 Å². The summed E-state index contributed by atoms with van der Waals surface area (Å²) < 4.78 is 0. The standard InChI is InChI=1S/C15H16N4/c1-3-5-13-14(18-10-19-15(13)17-2)12-7-4-6-11(8-12)9-16/h4,6-8,10H,3,5H2,1-2H3,(H,17,18,19). The number of hydrogen-bond acceptors (Lipinski definition) is 4. The van der Waals surface area contributed by atoms with Gasteiger partial charge in [-0.25, -0.2) is 9.97 Å². The molecule has 1 heterocycles. The highest BCUT2D eigenvalue weighted by Gasteiger charge is 2.11. The van der Waals surface area contributed by atoms with Crippen LogP contribution in [0.3, 0.4) is 0 Å². The smallest absolute Gasteiger partial charge is 0.132 e. The first-order valence-electron chi connectivity index (χ1n) is 6.32. The zero-order chi connectivity index (χ0) is 13.7. The van der Waals surface area contributed by atoms with Crippen LogP contribution in [0.4, 0.5) is 5.82 Å². The Balaban J connectivity index is 2.57. The fourth-order valence-electron chi connectivity index (χ4n) is 2.10. The first-order valence-corrected chi connectivity index (χ1v) is 6.32. The van der Waals surface area contributed by atoms with Crippen LogP contribution in [-0.2, 0) is 6.42 Å². The van der Waals surface area contributed by atoms with Crippen molar-refractivity contribution < 1.29 is 0 Å². The summed E-state index contributed by atoms with van der Waals surface area (Å²) in [6.07, 6.45) is 3.48. The molecule has 1 aromatic carbocycles. The van der Waals surface area contributed by atoms with Gasteiger partial charge in [0.15, 0.2) is 0 Å². The van der Waals surface area contributed by atoms with Gasteiger partial charge in [0, 0.05) is 18.2 Å². The van der Waals surface area contributed by atoms with Crippen LogP contribution in [0.5, 0.6) is 0 Å². The van der Waals surface area contributed by atoms with E-state index in [0.29, 0.717) is 5.56 Å².